The summed E-state index contributed by atoms with van der Waals surface area (Å²) in [6.07, 6.45) is 3.40. The van der Waals surface area contributed by atoms with Crippen molar-refractivity contribution in [3.8, 4) is 0 Å². The molecule has 1 aliphatic rings. The van der Waals surface area contributed by atoms with Gasteiger partial charge in [-0.25, -0.2) is 0 Å². The van der Waals surface area contributed by atoms with Gasteiger partial charge in [0.15, 0.2) is 0 Å². The van der Waals surface area contributed by atoms with Gasteiger partial charge in [-0.2, -0.15) is 0 Å². The molecule has 0 aromatic heterocycles. The smallest absolute Gasteiger partial charge is 0.306 e. The lowest BCUT2D eigenvalue weighted by atomic mass is 9.81. The number of aliphatic carboxylic acids is 1. The fourth-order valence-electron chi connectivity index (χ4n) is 2.82. The van der Waals surface area contributed by atoms with E-state index in [4.69, 9.17) is 16.7 Å². The molecule has 1 fully saturated rings. The highest BCUT2D eigenvalue weighted by atomic mass is 35.5. The number of nitrogens with one attached hydrogen (secondary N) is 1. The monoisotopic (exact) mass is 309 g/mol. The Labute approximate surface area is 129 Å². The first-order valence-electron chi connectivity index (χ1n) is 7.32. The number of halogens is 1. The van der Waals surface area contributed by atoms with Crippen molar-refractivity contribution in [3.63, 3.8) is 0 Å². The molecule has 1 aromatic carbocycles. The summed E-state index contributed by atoms with van der Waals surface area (Å²) in [7, 11) is 0. The third-order valence-electron chi connectivity index (χ3n) is 4.05. The molecule has 2 unspecified atom stereocenters. The van der Waals surface area contributed by atoms with Crippen molar-refractivity contribution in [2.45, 2.75) is 32.1 Å². The molecule has 2 rings (SSSR count). The van der Waals surface area contributed by atoms with Crippen LogP contribution < -0.4 is 5.32 Å². The maximum atomic E-state index is 12.1. The minimum Gasteiger partial charge on any atom is -0.481 e. The van der Waals surface area contributed by atoms with Crippen molar-refractivity contribution < 1.29 is 14.7 Å². The highest BCUT2D eigenvalue weighted by Gasteiger charge is 2.30. The lowest BCUT2D eigenvalue weighted by Crippen LogP contribution is -2.36. The predicted octanol–water partition coefficient (Wildman–Crippen LogP) is 2.89. The Kier molecular flexibility index (Phi) is 5.62. The van der Waals surface area contributed by atoms with E-state index in [1.807, 2.05) is 24.3 Å². The molecule has 0 saturated heterocycles. The minimum atomic E-state index is -0.788. The van der Waals surface area contributed by atoms with Gasteiger partial charge in [0.05, 0.1) is 5.92 Å². The van der Waals surface area contributed by atoms with E-state index in [1.165, 1.54) is 0 Å². The minimum absolute atomic E-state index is 0.0343. The topological polar surface area (TPSA) is 66.4 Å². The Hall–Kier alpha value is -1.55. The average Bonchev–Trinajstić information content (AvgIpc) is 2.49. The number of hydrogen-bond donors (Lipinski definition) is 2. The summed E-state index contributed by atoms with van der Waals surface area (Å²) in [5.41, 5.74) is 1.01. The summed E-state index contributed by atoms with van der Waals surface area (Å²) >= 11 is 6.06. The van der Waals surface area contributed by atoms with Crippen LogP contribution in [0, 0.1) is 11.8 Å². The first-order chi connectivity index (χ1) is 10.1. The van der Waals surface area contributed by atoms with E-state index < -0.39 is 5.97 Å². The number of benzene rings is 1. The summed E-state index contributed by atoms with van der Waals surface area (Å²) in [6, 6.07) is 7.56. The van der Waals surface area contributed by atoms with Crippen LogP contribution in [0.25, 0.3) is 0 Å². The highest BCUT2D eigenvalue weighted by molar-refractivity contribution is 6.31. The molecule has 2 atom stereocenters. The number of carboxylic acids is 1. The second kappa shape index (κ2) is 7.46. The van der Waals surface area contributed by atoms with E-state index in [0.29, 0.717) is 30.8 Å². The van der Waals surface area contributed by atoms with E-state index >= 15 is 0 Å². The van der Waals surface area contributed by atoms with Gasteiger partial charge in [-0.05, 0) is 37.3 Å². The number of rotatable bonds is 5. The van der Waals surface area contributed by atoms with E-state index in [2.05, 4.69) is 5.32 Å². The molecular formula is C16H20ClNO3. The van der Waals surface area contributed by atoms with Gasteiger partial charge < -0.3 is 10.4 Å². The maximum absolute atomic E-state index is 12.1. The largest absolute Gasteiger partial charge is 0.481 e. The molecule has 1 amide bonds. The van der Waals surface area contributed by atoms with Crippen LogP contribution in [0.3, 0.4) is 0 Å². The number of carbonyl (C=O) groups excluding carboxylic acids is 1. The van der Waals surface area contributed by atoms with Crippen molar-refractivity contribution in [1.29, 1.82) is 0 Å². The number of amides is 1. The van der Waals surface area contributed by atoms with Gasteiger partial charge >= 0.3 is 5.97 Å². The number of hydrogen-bond acceptors (Lipinski definition) is 2. The summed E-state index contributed by atoms with van der Waals surface area (Å²) < 4.78 is 0. The number of carboxylic acid groups (broad SMARTS) is 1. The van der Waals surface area contributed by atoms with Gasteiger partial charge in [0.25, 0.3) is 0 Å². The molecule has 1 aromatic rings. The van der Waals surface area contributed by atoms with Gasteiger partial charge in [-0.1, -0.05) is 36.2 Å². The van der Waals surface area contributed by atoms with Crippen LogP contribution in [0.15, 0.2) is 24.3 Å². The zero-order valence-corrected chi connectivity index (χ0v) is 12.6. The Morgan fingerprint density at radius 2 is 1.95 bits per heavy atom. The van der Waals surface area contributed by atoms with E-state index in [-0.39, 0.29) is 17.7 Å². The van der Waals surface area contributed by atoms with Gasteiger partial charge in [-0.15, -0.1) is 0 Å². The first kappa shape index (κ1) is 15.8. The van der Waals surface area contributed by atoms with Crippen molar-refractivity contribution in [2.24, 2.45) is 11.8 Å². The Balaban J connectivity index is 1.79. The molecule has 114 valence electrons. The van der Waals surface area contributed by atoms with Crippen molar-refractivity contribution in [2.75, 3.05) is 6.54 Å². The fourth-order valence-corrected chi connectivity index (χ4v) is 3.05. The van der Waals surface area contributed by atoms with E-state index in [1.54, 1.807) is 0 Å². The van der Waals surface area contributed by atoms with Gasteiger partial charge in [0, 0.05) is 17.5 Å². The van der Waals surface area contributed by atoms with Crippen LogP contribution in [0.4, 0.5) is 0 Å². The molecule has 0 spiro atoms. The van der Waals surface area contributed by atoms with Crippen LogP contribution in [-0.4, -0.2) is 23.5 Å². The van der Waals surface area contributed by atoms with E-state index in [9.17, 15) is 9.59 Å². The lowest BCUT2D eigenvalue weighted by Gasteiger charge is -2.25. The molecule has 5 heteroatoms. The summed E-state index contributed by atoms with van der Waals surface area (Å²) in [4.78, 5) is 23.1. The van der Waals surface area contributed by atoms with Crippen LogP contribution in [0.5, 0.6) is 0 Å². The maximum Gasteiger partial charge on any atom is 0.306 e. The van der Waals surface area contributed by atoms with Crippen LogP contribution in [0.2, 0.25) is 5.02 Å². The molecule has 0 radical (unpaired) electrons. The summed E-state index contributed by atoms with van der Waals surface area (Å²) in [6.45, 7) is 0.525. The van der Waals surface area contributed by atoms with Crippen LogP contribution in [0.1, 0.15) is 31.2 Å². The Morgan fingerprint density at radius 1 is 1.24 bits per heavy atom. The highest BCUT2D eigenvalue weighted by Crippen LogP contribution is 2.29. The quantitative estimate of drug-likeness (QED) is 0.879. The van der Waals surface area contributed by atoms with Gasteiger partial charge in [0.1, 0.15) is 0 Å². The molecule has 1 aliphatic carbocycles. The van der Waals surface area contributed by atoms with Crippen molar-refractivity contribution >= 4 is 23.5 Å². The van der Waals surface area contributed by atoms with Crippen LogP contribution >= 0.6 is 11.6 Å². The third kappa shape index (κ3) is 4.46. The molecule has 0 aliphatic heterocycles. The molecule has 1 saturated carbocycles. The molecule has 0 bridgehead atoms. The second-order valence-electron chi connectivity index (χ2n) is 5.53. The Morgan fingerprint density at radius 3 is 2.67 bits per heavy atom. The van der Waals surface area contributed by atoms with Crippen molar-refractivity contribution in [3.05, 3.63) is 34.9 Å². The molecule has 2 N–H and O–H groups in total. The third-order valence-corrected chi connectivity index (χ3v) is 4.41. The first-order valence-corrected chi connectivity index (χ1v) is 7.69. The predicted molar refractivity (Wildman–Crippen MR) is 81.2 cm³/mol. The average molecular weight is 310 g/mol. The standard InChI is InChI=1S/C16H20ClNO3/c17-14-7-2-1-4-11(14)8-9-18-15(19)12-5-3-6-13(10-12)16(20)21/h1-2,4,7,12-13H,3,5-6,8-10H2,(H,18,19)(H,20,21). The SMILES string of the molecule is O=C(O)C1CCCC(C(=O)NCCc2ccccc2Cl)C1. The summed E-state index contributed by atoms with van der Waals surface area (Å²) in [5, 5.41) is 12.6. The summed E-state index contributed by atoms with van der Waals surface area (Å²) in [5.74, 6) is -1.37. The molecule has 4 nitrogen and oxygen atoms in total. The molecule has 21 heavy (non-hydrogen) atoms. The normalized spacial score (nSPS) is 21.8. The van der Waals surface area contributed by atoms with Crippen molar-refractivity contribution in [1.82, 2.24) is 5.32 Å². The van der Waals surface area contributed by atoms with Crippen LogP contribution in [-0.2, 0) is 16.0 Å². The van der Waals surface area contributed by atoms with Gasteiger partial charge in [0.2, 0.25) is 5.91 Å². The zero-order chi connectivity index (χ0) is 15.2. The van der Waals surface area contributed by atoms with Gasteiger partial charge in [-0.3, -0.25) is 9.59 Å². The van der Waals surface area contributed by atoms with E-state index in [0.717, 1.165) is 18.4 Å². The Bertz CT molecular complexity index is 518. The molecular weight excluding hydrogens is 290 g/mol. The lowest BCUT2D eigenvalue weighted by molar-refractivity contribution is -0.144. The second-order valence-corrected chi connectivity index (χ2v) is 5.94. The number of carbonyl (C=O) groups is 2. The fraction of sp³-hybridized carbons (Fsp3) is 0.500. The molecule has 0 heterocycles. The zero-order valence-electron chi connectivity index (χ0n) is 11.8.